The summed E-state index contributed by atoms with van der Waals surface area (Å²) in [5.74, 6) is -0.311. The number of para-hydroxylation sites is 1. The molecule has 5 heteroatoms. The number of rotatable bonds is 6. The number of halogens is 1. The molecule has 31 heavy (non-hydrogen) atoms. The van der Waals surface area contributed by atoms with Crippen LogP contribution >= 0.6 is 11.6 Å². The molecule has 160 valence electrons. The van der Waals surface area contributed by atoms with Gasteiger partial charge in [-0.05, 0) is 73.7 Å². The molecule has 3 aromatic rings. The number of hydrogen-bond acceptors (Lipinski definition) is 4. The van der Waals surface area contributed by atoms with Crippen LogP contribution < -0.4 is 10.2 Å². The van der Waals surface area contributed by atoms with Gasteiger partial charge in [0.1, 0.15) is 0 Å². The van der Waals surface area contributed by atoms with Crippen molar-refractivity contribution in [3.05, 3.63) is 76.8 Å². The van der Waals surface area contributed by atoms with Gasteiger partial charge in [0.15, 0.2) is 0 Å². The van der Waals surface area contributed by atoms with Crippen molar-refractivity contribution in [2.24, 2.45) is 0 Å². The quantitative estimate of drug-likeness (QED) is 0.431. The molecule has 0 amide bonds. The standard InChI is InChI=1S/C26H27ClN2O2/c1-3-31-26(30)24-18(2)25(28-21-9-5-4-6-10-21)23(29-15-7-8-16-29)17-22(24)19-11-13-20(27)14-12-19/h4-6,9-14,17,28H,3,7-8,15-16H2,1-2H3. The van der Waals surface area contributed by atoms with Gasteiger partial charge in [-0.25, -0.2) is 4.79 Å². The van der Waals surface area contributed by atoms with Crippen LogP contribution in [0.25, 0.3) is 11.1 Å². The molecule has 0 atom stereocenters. The second-order valence-corrected chi connectivity index (χ2v) is 8.17. The summed E-state index contributed by atoms with van der Waals surface area (Å²) in [5, 5.41) is 4.24. The zero-order valence-electron chi connectivity index (χ0n) is 18.0. The number of nitrogens with zero attached hydrogens (tertiary/aromatic N) is 1. The van der Waals surface area contributed by atoms with Crippen molar-refractivity contribution in [3.8, 4) is 11.1 Å². The molecule has 1 fully saturated rings. The molecular weight excluding hydrogens is 408 g/mol. The van der Waals surface area contributed by atoms with E-state index in [-0.39, 0.29) is 5.97 Å². The van der Waals surface area contributed by atoms with Gasteiger partial charge in [0.2, 0.25) is 0 Å². The van der Waals surface area contributed by atoms with Crippen LogP contribution in [-0.4, -0.2) is 25.7 Å². The van der Waals surface area contributed by atoms with Crippen molar-refractivity contribution in [3.63, 3.8) is 0 Å². The molecular formula is C26H27ClN2O2. The third-order valence-corrected chi connectivity index (χ3v) is 5.93. The first-order chi connectivity index (χ1) is 15.1. The number of anilines is 3. The monoisotopic (exact) mass is 434 g/mol. The zero-order valence-corrected chi connectivity index (χ0v) is 18.7. The topological polar surface area (TPSA) is 41.6 Å². The molecule has 0 saturated carbocycles. The first kappa shape index (κ1) is 21.3. The highest BCUT2D eigenvalue weighted by atomic mass is 35.5. The molecule has 4 nitrogen and oxygen atoms in total. The number of benzene rings is 3. The van der Waals surface area contributed by atoms with Crippen LogP contribution in [0.15, 0.2) is 60.7 Å². The molecule has 0 bridgehead atoms. The number of carbonyl (C=O) groups excluding carboxylic acids is 1. The molecule has 1 aliphatic heterocycles. The normalized spacial score (nSPS) is 13.3. The van der Waals surface area contributed by atoms with Crippen molar-refractivity contribution < 1.29 is 9.53 Å². The number of esters is 1. The maximum atomic E-state index is 13.1. The Morgan fingerprint density at radius 2 is 1.74 bits per heavy atom. The van der Waals surface area contributed by atoms with Gasteiger partial charge in [-0.1, -0.05) is 41.9 Å². The van der Waals surface area contributed by atoms with E-state index in [0.717, 1.165) is 46.8 Å². The lowest BCUT2D eigenvalue weighted by Crippen LogP contribution is -2.21. The fraction of sp³-hybridized carbons (Fsp3) is 0.269. The van der Waals surface area contributed by atoms with Crippen molar-refractivity contribution in [2.75, 3.05) is 29.9 Å². The van der Waals surface area contributed by atoms with Gasteiger partial charge >= 0.3 is 5.97 Å². The molecule has 0 aliphatic carbocycles. The molecule has 4 rings (SSSR count). The molecule has 0 spiro atoms. The van der Waals surface area contributed by atoms with Crippen LogP contribution in [0.1, 0.15) is 35.7 Å². The predicted molar refractivity (Wildman–Crippen MR) is 129 cm³/mol. The molecule has 1 aliphatic rings. The maximum Gasteiger partial charge on any atom is 0.339 e. The number of ether oxygens (including phenoxy) is 1. The van der Waals surface area contributed by atoms with E-state index in [0.29, 0.717) is 17.2 Å². The number of hydrogen-bond donors (Lipinski definition) is 1. The summed E-state index contributed by atoms with van der Waals surface area (Å²) in [4.78, 5) is 15.5. The van der Waals surface area contributed by atoms with Gasteiger partial charge in [0, 0.05) is 23.8 Å². The first-order valence-corrected chi connectivity index (χ1v) is 11.1. The average molecular weight is 435 g/mol. The molecule has 0 aromatic heterocycles. The lowest BCUT2D eigenvalue weighted by Gasteiger charge is -2.27. The summed E-state index contributed by atoms with van der Waals surface area (Å²) in [6.07, 6.45) is 2.33. The lowest BCUT2D eigenvalue weighted by molar-refractivity contribution is 0.0526. The predicted octanol–water partition coefficient (Wildman–Crippen LogP) is 6.84. The molecule has 1 saturated heterocycles. The summed E-state index contributed by atoms with van der Waals surface area (Å²) >= 11 is 6.12. The van der Waals surface area contributed by atoms with Crippen LogP contribution in [0.2, 0.25) is 5.02 Å². The SMILES string of the molecule is CCOC(=O)c1c(-c2ccc(Cl)cc2)cc(N2CCCC2)c(Nc2ccccc2)c1C. The summed E-state index contributed by atoms with van der Waals surface area (Å²) in [7, 11) is 0. The summed E-state index contributed by atoms with van der Waals surface area (Å²) < 4.78 is 5.46. The van der Waals surface area contributed by atoms with E-state index >= 15 is 0 Å². The van der Waals surface area contributed by atoms with Gasteiger partial charge in [-0.15, -0.1) is 0 Å². The van der Waals surface area contributed by atoms with E-state index in [9.17, 15) is 4.79 Å². The Morgan fingerprint density at radius 3 is 2.39 bits per heavy atom. The van der Waals surface area contributed by atoms with Crippen LogP contribution in [0.4, 0.5) is 17.1 Å². The molecule has 1 N–H and O–H groups in total. The largest absolute Gasteiger partial charge is 0.462 e. The molecule has 0 radical (unpaired) electrons. The van der Waals surface area contributed by atoms with E-state index in [1.54, 1.807) is 0 Å². The van der Waals surface area contributed by atoms with E-state index in [4.69, 9.17) is 16.3 Å². The van der Waals surface area contributed by atoms with Crippen LogP contribution in [-0.2, 0) is 4.74 Å². The fourth-order valence-electron chi connectivity index (χ4n) is 4.15. The Balaban J connectivity index is 1.93. The molecule has 1 heterocycles. The van der Waals surface area contributed by atoms with Crippen LogP contribution in [0, 0.1) is 6.92 Å². The Morgan fingerprint density at radius 1 is 1.06 bits per heavy atom. The minimum absolute atomic E-state index is 0.311. The second-order valence-electron chi connectivity index (χ2n) is 7.73. The minimum atomic E-state index is -0.311. The average Bonchev–Trinajstić information content (AvgIpc) is 3.31. The Bertz CT molecular complexity index is 1060. The van der Waals surface area contributed by atoms with Crippen molar-refractivity contribution >= 4 is 34.6 Å². The number of carbonyl (C=O) groups is 1. The van der Waals surface area contributed by atoms with Crippen LogP contribution in [0.3, 0.4) is 0 Å². The van der Waals surface area contributed by atoms with Gasteiger partial charge < -0.3 is 15.0 Å². The van der Waals surface area contributed by atoms with Gasteiger partial charge in [0.25, 0.3) is 0 Å². The van der Waals surface area contributed by atoms with E-state index in [1.807, 2.05) is 68.4 Å². The number of nitrogens with one attached hydrogen (secondary N) is 1. The highest BCUT2D eigenvalue weighted by Gasteiger charge is 2.26. The smallest absolute Gasteiger partial charge is 0.339 e. The Labute approximate surface area is 188 Å². The third kappa shape index (κ3) is 4.54. The van der Waals surface area contributed by atoms with E-state index in [1.165, 1.54) is 12.8 Å². The van der Waals surface area contributed by atoms with Crippen molar-refractivity contribution in [1.82, 2.24) is 0 Å². The first-order valence-electron chi connectivity index (χ1n) is 10.8. The Kier molecular flexibility index (Phi) is 6.47. The summed E-state index contributed by atoms with van der Waals surface area (Å²) in [6, 6.07) is 19.8. The lowest BCUT2D eigenvalue weighted by atomic mass is 9.93. The van der Waals surface area contributed by atoms with Crippen LogP contribution in [0.5, 0.6) is 0 Å². The molecule has 0 unspecified atom stereocenters. The summed E-state index contributed by atoms with van der Waals surface area (Å²) in [5.41, 5.74) is 6.34. The van der Waals surface area contributed by atoms with E-state index < -0.39 is 0 Å². The highest BCUT2D eigenvalue weighted by Crippen LogP contribution is 2.41. The van der Waals surface area contributed by atoms with Crippen molar-refractivity contribution in [1.29, 1.82) is 0 Å². The van der Waals surface area contributed by atoms with Gasteiger partial charge in [-0.3, -0.25) is 0 Å². The third-order valence-electron chi connectivity index (χ3n) is 5.68. The maximum absolute atomic E-state index is 13.1. The van der Waals surface area contributed by atoms with Gasteiger partial charge in [0.05, 0.1) is 23.5 Å². The fourth-order valence-corrected chi connectivity index (χ4v) is 4.28. The minimum Gasteiger partial charge on any atom is -0.462 e. The Hall–Kier alpha value is -2.98. The zero-order chi connectivity index (χ0) is 21.8. The van der Waals surface area contributed by atoms with Gasteiger partial charge in [-0.2, -0.15) is 0 Å². The van der Waals surface area contributed by atoms with Crippen molar-refractivity contribution in [2.45, 2.75) is 26.7 Å². The highest BCUT2D eigenvalue weighted by molar-refractivity contribution is 6.30. The summed E-state index contributed by atoms with van der Waals surface area (Å²) in [6.45, 7) is 6.16. The van der Waals surface area contributed by atoms with E-state index in [2.05, 4.69) is 16.3 Å². The molecule has 3 aromatic carbocycles. The second kappa shape index (κ2) is 9.44.